The van der Waals surface area contributed by atoms with Crippen molar-refractivity contribution >= 4 is 39.2 Å². The minimum atomic E-state index is -1.20. The minimum Gasteiger partial charge on any atom is -0.478 e. The second-order valence-electron chi connectivity index (χ2n) is 2.96. The maximum Gasteiger partial charge on any atom is 0.336 e. The van der Waals surface area contributed by atoms with Crippen molar-refractivity contribution in [3.05, 3.63) is 39.6 Å². The Kier molecular flexibility index (Phi) is 4.32. The molecule has 1 aromatic carbocycles. The van der Waals surface area contributed by atoms with Gasteiger partial charge in [0.05, 0.1) is 22.3 Å². The normalized spacial score (nSPS) is 9.94. The minimum absolute atomic E-state index is 0.0924. The van der Waals surface area contributed by atoms with E-state index in [4.69, 9.17) is 16.7 Å². The number of carboxylic acids is 1. The summed E-state index contributed by atoms with van der Waals surface area (Å²) in [6, 6.07) is 2.64. The molecule has 1 aromatic rings. The van der Waals surface area contributed by atoms with E-state index in [0.717, 1.165) is 0 Å². The van der Waals surface area contributed by atoms with Gasteiger partial charge in [0.1, 0.15) is 0 Å². The monoisotopic (exact) mass is 307 g/mol. The van der Waals surface area contributed by atoms with E-state index in [1.165, 1.54) is 12.1 Å². The van der Waals surface area contributed by atoms with Crippen LogP contribution in [-0.2, 0) is 0 Å². The Hall–Kier alpha value is -1.07. The van der Waals surface area contributed by atoms with Crippen molar-refractivity contribution < 1.29 is 14.3 Å². The van der Waals surface area contributed by atoms with Crippen LogP contribution in [0.15, 0.2) is 28.2 Å². The summed E-state index contributed by atoms with van der Waals surface area (Å²) >= 11 is 8.40. The first-order valence-electron chi connectivity index (χ1n) is 4.22. The maximum atomic E-state index is 13.6. The number of hydrogen-bond acceptors (Lipinski definition) is 2. The molecule has 0 aliphatic rings. The fourth-order valence-corrected chi connectivity index (χ4v) is 1.62. The lowest BCUT2D eigenvalue weighted by Gasteiger charge is -2.09. The standard InChI is InChI=1S/C10H8BrClFNO2/c1-5(12)4-14-7-3-2-6(10(15)16)8(11)9(7)13/h2-3,14H,1,4H2,(H,15,16). The number of rotatable bonds is 4. The van der Waals surface area contributed by atoms with Gasteiger partial charge in [-0.1, -0.05) is 18.2 Å². The summed E-state index contributed by atoms with van der Waals surface area (Å²) in [6.45, 7) is 3.65. The summed E-state index contributed by atoms with van der Waals surface area (Å²) in [5, 5.41) is 11.8. The Morgan fingerprint density at radius 2 is 2.25 bits per heavy atom. The van der Waals surface area contributed by atoms with Gasteiger partial charge in [-0.15, -0.1) is 0 Å². The van der Waals surface area contributed by atoms with Crippen LogP contribution in [0.4, 0.5) is 10.1 Å². The first kappa shape index (κ1) is 13.0. The van der Waals surface area contributed by atoms with Crippen molar-refractivity contribution in [1.82, 2.24) is 0 Å². The first-order valence-corrected chi connectivity index (χ1v) is 5.39. The molecule has 1 rings (SSSR count). The molecule has 0 saturated carbocycles. The largest absolute Gasteiger partial charge is 0.478 e. The van der Waals surface area contributed by atoms with E-state index in [9.17, 15) is 9.18 Å². The molecule has 0 heterocycles. The molecule has 0 spiro atoms. The third-order valence-corrected chi connectivity index (χ3v) is 2.69. The highest BCUT2D eigenvalue weighted by Gasteiger charge is 2.15. The fraction of sp³-hybridized carbons (Fsp3) is 0.100. The molecular formula is C10H8BrClFNO2. The number of carbonyl (C=O) groups is 1. The number of aromatic carboxylic acids is 1. The molecule has 16 heavy (non-hydrogen) atoms. The van der Waals surface area contributed by atoms with E-state index in [0.29, 0.717) is 5.03 Å². The summed E-state index contributed by atoms with van der Waals surface area (Å²) < 4.78 is 13.5. The van der Waals surface area contributed by atoms with E-state index in [2.05, 4.69) is 27.8 Å². The summed E-state index contributed by atoms with van der Waals surface area (Å²) in [7, 11) is 0. The number of carboxylic acid groups (broad SMARTS) is 1. The van der Waals surface area contributed by atoms with Gasteiger partial charge in [-0.25, -0.2) is 9.18 Å². The van der Waals surface area contributed by atoms with Crippen LogP contribution in [0.3, 0.4) is 0 Å². The quantitative estimate of drug-likeness (QED) is 0.895. The van der Waals surface area contributed by atoms with Crippen molar-refractivity contribution in [3.8, 4) is 0 Å². The van der Waals surface area contributed by atoms with Crippen LogP contribution in [0, 0.1) is 5.82 Å². The highest BCUT2D eigenvalue weighted by Crippen LogP contribution is 2.27. The Labute approximate surface area is 105 Å². The van der Waals surface area contributed by atoms with Crippen LogP contribution in [0.5, 0.6) is 0 Å². The molecule has 0 aromatic heterocycles. The van der Waals surface area contributed by atoms with Gasteiger partial charge in [-0.05, 0) is 28.1 Å². The van der Waals surface area contributed by atoms with Crippen molar-refractivity contribution in [1.29, 1.82) is 0 Å². The van der Waals surface area contributed by atoms with Gasteiger partial charge in [-0.3, -0.25) is 0 Å². The molecule has 0 amide bonds. The molecule has 0 radical (unpaired) electrons. The van der Waals surface area contributed by atoms with Gasteiger partial charge >= 0.3 is 5.97 Å². The van der Waals surface area contributed by atoms with E-state index in [1.54, 1.807) is 0 Å². The number of benzene rings is 1. The first-order chi connectivity index (χ1) is 7.43. The Bertz CT molecular complexity index is 451. The Morgan fingerprint density at radius 1 is 1.62 bits per heavy atom. The second kappa shape index (κ2) is 5.32. The molecule has 86 valence electrons. The molecule has 0 unspecified atom stereocenters. The third kappa shape index (κ3) is 2.96. The zero-order valence-electron chi connectivity index (χ0n) is 8.06. The highest BCUT2D eigenvalue weighted by molar-refractivity contribution is 9.10. The lowest BCUT2D eigenvalue weighted by atomic mass is 10.2. The van der Waals surface area contributed by atoms with Gasteiger partial charge in [0.15, 0.2) is 5.82 Å². The van der Waals surface area contributed by atoms with Gasteiger partial charge in [-0.2, -0.15) is 0 Å². The van der Waals surface area contributed by atoms with Crippen LogP contribution in [0.1, 0.15) is 10.4 Å². The van der Waals surface area contributed by atoms with Crippen LogP contribution >= 0.6 is 27.5 Å². The molecular weight excluding hydrogens is 300 g/mol. The predicted molar refractivity (Wildman–Crippen MR) is 64.5 cm³/mol. The van der Waals surface area contributed by atoms with Crippen LogP contribution in [-0.4, -0.2) is 17.6 Å². The topological polar surface area (TPSA) is 49.3 Å². The van der Waals surface area contributed by atoms with E-state index in [1.807, 2.05) is 0 Å². The SMILES string of the molecule is C=C(Cl)CNc1ccc(C(=O)O)c(Br)c1F. The summed E-state index contributed by atoms with van der Waals surface area (Å²) in [5.41, 5.74) is 0.0337. The fourth-order valence-electron chi connectivity index (χ4n) is 1.04. The highest BCUT2D eigenvalue weighted by atomic mass is 79.9. The van der Waals surface area contributed by atoms with Crippen molar-refractivity contribution in [2.24, 2.45) is 0 Å². The summed E-state index contributed by atoms with van der Waals surface area (Å²) in [5.74, 6) is -1.86. The predicted octanol–water partition coefficient (Wildman–Crippen LogP) is 3.45. The van der Waals surface area contributed by atoms with E-state index < -0.39 is 11.8 Å². The van der Waals surface area contributed by atoms with Crippen molar-refractivity contribution in [2.75, 3.05) is 11.9 Å². The lowest BCUT2D eigenvalue weighted by Crippen LogP contribution is -2.06. The average Bonchev–Trinajstić information content (AvgIpc) is 2.19. The smallest absolute Gasteiger partial charge is 0.336 e. The zero-order chi connectivity index (χ0) is 12.3. The Morgan fingerprint density at radius 3 is 2.75 bits per heavy atom. The third-order valence-electron chi connectivity index (χ3n) is 1.78. The Balaban J connectivity index is 3.02. The molecule has 6 heteroatoms. The van der Waals surface area contributed by atoms with Gasteiger partial charge in [0.2, 0.25) is 0 Å². The lowest BCUT2D eigenvalue weighted by molar-refractivity contribution is 0.0695. The summed E-state index contributed by atoms with van der Waals surface area (Å²) in [4.78, 5) is 10.7. The van der Waals surface area contributed by atoms with Crippen molar-refractivity contribution in [2.45, 2.75) is 0 Å². The van der Waals surface area contributed by atoms with Crippen LogP contribution in [0.25, 0.3) is 0 Å². The van der Waals surface area contributed by atoms with Crippen molar-refractivity contribution in [3.63, 3.8) is 0 Å². The number of halogens is 3. The molecule has 0 aliphatic heterocycles. The second-order valence-corrected chi connectivity index (χ2v) is 4.29. The zero-order valence-corrected chi connectivity index (χ0v) is 10.4. The maximum absolute atomic E-state index is 13.6. The molecule has 0 bridgehead atoms. The van der Waals surface area contributed by atoms with Gasteiger partial charge in [0.25, 0.3) is 0 Å². The van der Waals surface area contributed by atoms with Crippen LogP contribution in [0.2, 0.25) is 0 Å². The molecule has 3 nitrogen and oxygen atoms in total. The van der Waals surface area contributed by atoms with E-state index in [-0.39, 0.29) is 22.3 Å². The number of nitrogens with one attached hydrogen (secondary N) is 1. The van der Waals surface area contributed by atoms with E-state index >= 15 is 0 Å². The molecule has 0 aliphatic carbocycles. The number of hydrogen-bond donors (Lipinski definition) is 2. The number of anilines is 1. The van der Waals surface area contributed by atoms with Gasteiger partial charge < -0.3 is 10.4 Å². The molecule has 2 N–H and O–H groups in total. The van der Waals surface area contributed by atoms with Gasteiger partial charge in [0, 0.05) is 5.03 Å². The van der Waals surface area contributed by atoms with Crippen LogP contribution < -0.4 is 5.32 Å². The molecule has 0 saturated heterocycles. The molecule has 0 fully saturated rings. The average molecular weight is 309 g/mol. The molecule has 0 atom stereocenters. The summed E-state index contributed by atoms with van der Waals surface area (Å²) in [6.07, 6.45) is 0.